The quantitative estimate of drug-likeness (QED) is 0.763. The molecule has 0 aliphatic carbocycles. The minimum absolute atomic E-state index is 0.00578. The maximum atomic E-state index is 11.6. The molecule has 1 atom stereocenters. The molecule has 19 heavy (non-hydrogen) atoms. The Kier molecular flexibility index (Phi) is 4.80. The lowest BCUT2D eigenvalue weighted by Gasteiger charge is -2.13. The van der Waals surface area contributed by atoms with Gasteiger partial charge in [0.1, 0.15) is 0 Å². The molecule has 0 saturated carbocycles. The Bertz CT molecular complexity index is 408. The summed E-state index contributed by atoms with van der Waals surface area (Å²) in [4.78, 5) is 11.6. The van der Waals surface area contributed by atoms with Crippen LogP contribution in [0.2, 0.25) is 0 Å². The minimum Gasteiger partial charge on any atom is -0.383 e. The van der Waals surface area contributed by atoms with E-state index in [1.54, 1.807) is 0 Å². The van der Waals surface area contributed by atoms with Crippen LogP contribution in [0, 0.1) is 5.92 Å². The van der Waals surface area contributed by atoms with Crippen molar-refractivity contribution in [1.82, 2.24) is 5.32 Å². The molecule has 104 valence electrons. The van der Waals surface area contributed by atoms with Crippen molar-refractivity contribution in [2.45, 2.75) is 32.7 Å². The third-order valence-electron chi connectivity index (χ3n) is 3.39. The monoisotopic (exact) mass is 261 g/mol. The van der Waals surface area contributed by atoms with Crippen LogP contribution in [0.1, 0.15) is 26.7 Å². The fourth-order valence-corrected chi connectivity index (χ4v) is 2.13. The molecule has 1 aliphatic rings. The van der Waals surface area contributed by atoms with Crippen LogP contribution in [0.15, 0.2) is 24.3 Å². The first-order valence-corrected chi connectivity index (χ1v) is 7.03. The van der Waals surface area contributed by atoms with Crippen LogP contribution in [0.3, 0.4) is 0 Å². The molecule has 0 spiro atoms. The first kappa shape index (κ1) is 13.9. The number of benzene rings is 1. The molecule has 1 aliphatic heterocycles. The summed E-state index contributed by atoms with van der Waals surface area (Å²) in [7, 11) is 0. The highest BCUT2D eigenvalue weighted by atomic mass is 16.1. The molecule has 4 heteroatoms. The summed E-state index contributed by atoms with van der Waals surface area (Å²) in [5.41, 5.74) is 1.94. The molecule has 1 aromatic rings. The highest BCUT2D eigenvalue weighted by Crippen LogP contribution is 2.15. The zero-order chi connectivity index (χ0) is 13.7. The van der Waals surface area contributed by atoms with E-state index in [0.717, 1.165) is 24.5 Å². The lowest BCUT2D eigenvalue weighted by Crippen LogP contribution is -2.29. The van der Waals surface area contributed by atoms with Gasteiger partial charge in [0.25, 0.3) is 0 Å². The molecule has 1 aromatic carbocycles. The van der Waals surface area contributed by atoms with Gasteiger partial charge in [0, 0.05) is 29.9 Å². The van der Waals surface area contributed by atoms with Gasteiger partial charge in [-0.05, 0) is 43.7 Å². The molecule has 1 heterocycles. The van der Waals surface area contributed by atoms with Crippen molar-refractivity contribution in [3.63, 3.8) is 0 Å². The zero-order valence-corrected chi connectivity index (χ0v) is 11.7. The molecule has 1 unspecified atom stereocenters. The Balaban J connectivity index is 1.82. The Morgan fingerprint density at radius 1 is 1.32 bits per heavy atom. The van der Waals surface area contributed by atoms with Crippen LogP contribution in [-0.4, -0.2) is 25.0 Å². The van der Waals surface area contributed by atoms with E-state index in [4.69, 9.17) is 0 Å². The summed E-state index contributed by atoms with van der Waals surface area (Å²) in [5.74, 6) is 0.0575. The van der Waals surface area contributed by atoms with Crippen LogP contribution < -0.4 is 16.0 Å². The fraction of sp³-hybridized carbons (Fsp3) is 0.533. The Labute approximate surface area is 115 Å². The molecule has 0 bridgehead atoms. The lowest BCUT2D eigenvalue weighted by atomic mass is 10.2. The summed E-state index contributed by atoms with van der Waals surface area (Å²) in [6.07, 6.45) is 2.52. The van der Waals surface area contributed by atoms with Crippen LogP contribution in [-0.2, 0) is 4.79 Å². The van der Waals surface area contributed by atoms with Gasteiger partial charge in [-0.1, -0.05) is 13.8 Å². The third-order valence-corrected chi connectivity index (χ3v) is 3.39. The van der Waals surface area contributed by atoms with E-state index in [0.29, 0.717) is 6.04 Å². The summed E-state index contributed by atoms with van der Waals surface area (Å²) in [5, 5.41) is 9.76. The molecule has 1 fully saturated rings. The van der Waals surface area contributed by atoms with Crippen molar-refractivity contribution in [3.05, 3.63) is 24.3 Å². The SMILES string of the molecule is CC(C)C(=O)Nc1ccc(NCC2CCCN2)cc1. The van der Waals surface area contributed by atoms with Crippen molar-refractivity contribution < 1.29 is 4.79 Å². The maximum Gasteiger partial charge on any atom is 0.226 e. The predicted molar refractivity (Wildman–Crippen MR) is 79.4 cm³/mol. The normalized spacial score (nSPS) is 18.6. The number of hydrogen-bond donors (Lipinski definition) is 3. The largest absolute Gasteiger partial charge is 0.383 e. The van der Waals surface area contributed by atoms with Crippen LogP contribution in [0.4, 0.5) is 11.4 Å². The van der Waals surface area contributed by atoms with Crippen molar-refractivity contribution in [3.8, 4) is 0 Å². The molecular formula is C15H23N3O. The van der Waals surface area contributed by atoms with Crippen LogP contribution in [0.5, 0.6) is 0 Å². The van der Waals surface area contributed by atoms with E-state index in [-0.39, 0.29) is 11.8 Å². The Hall–Kier alpha value is -1.55. The predicted octanol–water partition coefficient (Wildman–Crippen LogP) is 2.45. The first-order chi connectivity index (χ1) is 9.15. The third kappa shape index (κ3) is 4.24. The van der Waals surface area contributed by atoms with E-state index in [1.165, 1.54) is 12.8 Å². The van der Waals surface area contributed by atoms with Gasteiger partial charge in [-0.25, -0.2) is 0 Å². The molecule has 0 aromatic heterocycles. The van der Waals surface area contributed by atoms with Crippen molar-refractivity contribution >= 4 is 17.3 Å². The number of carbonyl (C=O) groups excluding carboxylic acids is 1. The summed E-state index contributed by atoms with van der Waals surface area (Å²) < 4.78 is 0. The molecule has 1 amide bonds. The van der Waals surface area contributed by atoms with Crippen LogP contribution >= 0.6 is 0 Å². The van der Waals surface area contributed by atoms with E-state index < -0.39 is 0 Å². The molecule has 4 nitrogen and oxygen atoms in total. The first-order valence-electron chi connectivity index (χ1n) is 7.03. The standard InChI is InChI=1S/C15H23N3O/c1-11(2)15(19)18-13-7-5-12(6-8-13)17-10-14-4-3-9-16-14/h5-8,11,14,16-17H,3-4,9-10H2,1-2H3,(H,18,19). The highest BCUT2D eigenvalue weighted by Gasteiger charge is 2.13. The van der Waals surface area contributed by atoms with Gasteiger partial charge in [-0.15, -0.1) is 0 Å². The number of amides is 1. The second-order valence-electron chi connectivity index (χ2n) is 5.40. The maximum absolute atomic E-state index is 11.6. The van der Waals surface area contributed by atoms with Crippen molar-refractivity contribution in [1.29, 1.82) is 0 Å². The molecule has 2 rings (SSSR count). The Morgan fingerprint density at radius 2 is 2.00 bits per heavy atom. The molecule has 1 saturated heterocycles. The van der Waals surface area contributed by atoms with Gasteiger partial charge in [0.05, 0.1) is 0 Å². The number of carbonyl (C=O) groups is 1. The van der Waals surface area contributed by atoms with E-state index >= 15 is 0 Å². The number of anilines is 2. The van der Waals surface area contributed by atoms with Crippen molar-refractivity contribution in [2.75, 3.05) is 23.7 Å². The van der Waals surface area contributed by atoms with Gasteiger partial charge >= 0.3 is 0 Å². The molecular weight excluding hydrogens is 238 g/mol. The van der Waals surface area contributed by atoms with Gasteiger partial charge < -0.3 is 16.0 Å². The highest BCUT2D eigenvalue weighted by molar-refractivity contribution is 5.92. The molecule has 3 N–H and O–H groups in total. The smallest absolute Gasteiger partial charge is 0.226 e. The van der Waals surface area contributed by atoms with Gasteiger partial charge in [0.15, 0.2) is 0 Å². The van der Waals surface area contributed by atoms with E-state index in [2.05, 4.69) is 16.0 Å². The Morgan fingerprint density at radius 3 is 2.58 bits per heavy atom. The van der Waals surface area contributed by atoms with Gasteiger partial charge in [0.2, 0.25) is 5.91 Å². The lowest BCUT2D eigenvalue weighted by molar-refractivity contribution is -0.118. The fourth-order valence-electron chi connectivity index (χ4n) is 2.13. The topological polar surface area (TPSA) is 53.2 Å². The minimum atomic E-state index is 0.00578. The zero-order valence-electron chi connectivity index (χ0n) is 11.7. The van der Waals surface area contributed by atoms with Gasteiger partial charge in [-0.3, -0.25) is 4.79 Å². The second-order valence-corrected chi connectivity index (χ2v) is 5.40. The summed E-state index contributed by atoms with van der Waals surface area (Å²) in [6.45, 7) is 5.87. The average Bonchev–Trinajstić information content (AvgIpc) is 2.91. The second kappa shape index (κ2) is 6.57. The van der Waals surface area contributed by atoms with Crippen molar-refractivity contribution in [2.24, 2.45) is 5.92 Å². The average molecular weight is 261 g/mol. The summed E-state index contributed by atoms with van der Waals surface area (Å²) >= 11 is 0. The number of hydrogen-bond acceptors (Lipinski definition) is 3. The van der Waals surface area contributed by atoms with Gasteiger partial charge in [-0.2, -0.15) is 0 Å². The van der Waals surface area contributed by atoms with Crippen LogP contribution in [0.25, 0.3) is 0 Å². The van der Waals surface area contributed by atoms with E-state index in [9.17, 15) is 4.79 Å². The number of rotatable bonds is 5. The van der Waals surface area contributed by atoms with E-state index in [1.807, 2.05) is 38.1 Å². The molecule has 0 radical (unpaired) electrons. The number of nitrogens with one attached hydrogen (secondary N) is 3. The summed E-state index contributed by atoms with van der Waals surface area (Å²) in [6, 6.07) is 8.46.